The third-order valence-electron chi connectivity index (χ3n) is 3.50. The van der Waals surface area contributed by atoms with Gasteiger partial charge in [0.1, 0.15) is 6.04 Å². The number of urea groups is 1. The zero-order valence-electron chi connectivity index (χ0n) is 11.4. The van der Waals surface area contributed by atoms with Crippen LogP contribution in [0, 0.1) is 5.92 Å². The van der Waals surface area contributed by atoms with Crippen LogP contribution >= 0.6 is 0 Å². The zero-order valence-corrected chi connectivity index (χ0v) is 11.4. The van der Waals surface area contributed by atoms with Crippen molar-refractivity contribution in [2.24, 2.45) is 5.92 Å². The molecule has 2 heterocycles. The van der Waals surface area contributed by atoms with Gasteiger partial charge in [-0.2, -0.15) is 0 Å². The van der Waals surface area contributed by atoms with Crippen LogP contribution in [0.25, 0.3) is 0 Å². The van der Waals surface area contributed by atoms with Crippen molar-refractivity contribution >= 4 is 11.9 Å². The van der Waals surface area contributed by atoms with Gasteiger partial charge < -0.3 is 14.8 Å². The van der Waals surface area contributed by atoms with Crippen molar-refractivity contribution in [1.29, 1.82) is 0 Å². The van der Waals surface area contributed by atoms with E-state index in [1.54, 1.807) is 12.1 Å². The molecule has 106 valence electrons. The highest BCUT2D eigenvalue weighted by molar-refractivity contribution is 6.04. The number of benzene rings is 1. The van der Waals surface area contributed by atoms with Gasteiger partial charge in [0.2, 0.25) is 6.79 Å². The van der Waals surface area contributed by atoms with Crippen LogP contribution < -0.4 is 14.8 Å². The molecule has 0 spiro atoms. The lowest BCUT2D eigenvalue weighted by Gasteiger charge is -2.14. The quantitative estimate of drug-likeness (QED) is 0.849. The van der Waals surface area contributed by atoms with Gasteiger partial charge in [-0.05, 0) is 23.6 Å². The average Bonchev–Trinajstić information content (AvgIpc) is 2.97. The van der Waals surface area contributed by atoms with Crippen LogP contribution in [0.3, 0.4) is 0 Å². The Morgan fingerprint density at radius 1 is 1.30 bits per heavy atom. The number of hydrogen-bond donors (Lipinski definition) is 1. The summed E-state index contributed by atoms with van der Waals surface area (Å²) in [4.78, 5) is 25.3. The van der Waals surface area contributed by atoms with Gasteiger partial charge in [0.15, 0.2) is 11.5 Å². The molecule has 0 aliphatic carbocycles. The van der Waals surface area contributed by atoms with Crippen LogP contribution in [0.2, 0.25) is 0 Å². The molecule has 0 saturated carbocycles. The van der Waals surface area contributed by atoms with E-state index in [1.165, 1.54) is 4.90 Å². The van der Waals surface area contributed by atoms with Crippen molar-refractivity contribution in [3.63, 3.8) is 0 Å². The smallest absolute Gasteiger partial charge is 0.325 e. The Balaban J connectivity index is 1.78. The first-order valence-electron chi connectivity index (χ1n) is 6.56. The first kappa shape index (κ1) is 12.8. The van der Waals surface area contributed by atoms with Crippen molar-refractivity contribution < 1.29 is 19.1 Å². The molecule has 1 N–H and O–H groups in total. The third-order valence-corrected chi connectivity index (χ3v) is 3.50. The number of fused-ring (bicyclic) bond motifs is 1. The predicted molar refractivity (Wildman–Crippen MR) is 70.3 cm³/mol. The summed E-state index contributed by atoms with van der Waals surface area (Å²) in [5.74, 6) is 1.23. The molecule has 6 nitrogen and oxygen atoms in total. The van der Waals surface area contributed by atoms with Crippen LogP contribution in [-0.4, -0.2) is 29.7 Å². The lowest BCUT2D eigenvalue weighted by molar-refractivity contribution is -0.128. The van der Waals surface area contributed by atoms with E-state index in [4.69, 9.17) is 9.47 Å². The van der Waals surface area contributed by atoms with Gasteiger partial charge in [0.05, 0.1) is 6.54 Å². The Hall–Kier alpha value is -2.24. The molecule has 0 radical (unpaired) electrons. The maximum absolute atomic E-state index is 12.2. The molecule has 20 heavy (non-hydrogen) atoms. The van der Waals surface area contributed by atoms with Crippen molar-refractivity contribution in [3.05, 3.63) is 23.8 Å². The molecule has 0 bridgehead atoms. The summed E-state index contributed by atoms with van der Waals surface area (Å²) in [5.41, 5.74) is 0.835. The minimum absolute atomic E-state index is 0.0770. The van der Waals surface area contributed by atoms with E-state index >= 15 is 0 Å². The first-order valence-corrected chi connectivity index (χ1v) is 6.56. The van der Waals surface area contributed by atoms with Gasteiger partial charge in [-0.15, -0.1) is 0 Å². The van der Waals surface area contributed by atoms with E-state index < -0.39 is 6.04 Å². The van der Waals surface area contributed by atoms with Crippen LogP contribution in [0.1, 0.15) is 19.4 Å². The highest BCUT2D eigenvalue weighted by atomic mass is 16.7. The molecule has 1 aromatic rings. The molecule has 1 atom stereocenters. The Morgan fingerprint density at radius 2 is 2.05 bits per heavy atom. The van der Waals surface area contributed by atoms with Gasteiger partial charge in [-0.25, -0.2) is 4.79 Å². The van der Waals surface area contributed by atoms with Crippen LogP contribution in [0.5, 0.6) is 11.5 Å². The number of amides is 3. The fraction of sp³-hybridized carbons (Fsp3) is 0.429. The predicted octanol–water partition coefficient (Wildman–Crippen LogP) is 1.49. The summed E-state index contributed by atoms with van der Waals surface area (Å²) in [6.45, 7) is 4.27. The molecule has 6 heteroatoms. The van der Waals surface area contributed by atoms with E-state index in [9.17, 15) is 9.59 Å². The second-order valence-electron chi connectivity index (χ2n) is 5.28. The summed E-state index contributed by atoms with van der Waals surface area (Å²) < 4.78 is 10.5. The van der Waals surface area contributed by atoms with Crippen molar-refractivity contribution in [1.82, 2.24) is 10.2 Å². The van der Waals surface area contributed by atoms with Gasteiger partial charge >= 0.3 is 6.03 Å². The SMILES string of the molecule is CC(C)C1NC(=O)N(Cc2ccc3c(c2)OCO3)C1=O. The number of ether oxygens (including phenoxy) is 2. The normalized spacial score (nSPS) is 20.8. The number of rotatable bonds is 3. The molecule has 1 fully saturated rings. The molecule has 1 saturated heterocycles. The second-order valence-corrected chi connectivity index (χ2v) is 5.28. The van der Waals surface area contributed by atoms with Crippen molar-refractivity contribution in [2.75, 3.05) is 6.79 Å². The first-order chi connectivity index (χ1) is 9.56. The van der Waals surface area contributed by atoms with Crippen LogP contribution in [-0.2, 0) is 11.3 Å². The van der Waals surface area contributed by atoms with Gasteiger partial charge in [0, 0.05) is 0 Å². The number of imide groups is 1. The fourth-order valence-corrected chi connectivity index (χ4v) is 2.36. The maximum Gasteiger partial charge on any atom is 0.325 e. The molecule has 2 aliphatic rings. The standard InChI is InChI=1S/C14H16N2O4/c1-8(2)12-13(17)16(14(18)15-12)6-9-3-4-10-11(5-9)20-7-19-10/h3-5,8,12H,6-7H2,1-2H3,(H,15,18). The largest absolute Gasteiger partial charge is 0.454 e. The Bertz CT molecular complexity index is 570. The molecular formula is C14H16N2O4. The van der Waals surface area contributed by atoms with Crippen molar-refractivity contribution in [2.45, 2.75) is 26.4 Å². The highest BCUT2D eigenvalue weighted by Crippen LogP contribution is 2.33. The van der Waals surface area contributed by atoms with Crippen LogP contribution in [0.15, 0.2) is 18.2 Å². The minimum Gasteiger partial charge on any atom is -0.454 e. The van der Waals surface area contributed by atoms with E-state index in [-0.39, 0.29) is 31.2 Å². The fourth-order valence-electron chi connectivity index (χ4n) is 2.36. The molecule has 3 rings (SSSR count). The van der Waals surface area contributed by atoms with E-state index in [0.717, 1.165) is 5.56 Å². The zero-order chi connectivity index (χ0) is 14.3. The summed E-state index contributed by atoms with van der Waals surface area (Å²) in [5, 5.41) is 2.71. The second kappa shape index (κ2) is 4.70. The summed E-state index contributed by atoms with van der Waals surface area (Å²) >= 11 is 0. The van der Waals surface area contributed by atoms with E-state index in [1.807, 2.05) is 19.9 Å². The van der Waals surface area contributed by atoms with Crippen LogP contribution in [0.4, 0.5) is 4.79 Å². The summed E-state index contributed by atoms with van der Waals surface area (Å²) in [6.07, 6.45) is 0. The lowest BCUT2D eigenvalue weighted by Crippen LogP contribution is -2.34. The summed E-state index contributed by atoms with van der Waals surface area (Å²) in [7, 11) is 0. The molecule has 1 aromatic carbocycles. The third kappa shape index (κ3) is 2.07. The number of carbonyl (C=O) groups excluding carboxylic acids is 2. The topological polar surface area (TPSA) is 67.9 Å². The number of nitrogens with zero attached hydrogens (tertiary/aromatic N) is 1. The number of nitrogens with one attached hydrogen (secondary N) is 1. The molecule has 1 unspecified atom stereocenters. The Morgan fingerprint density at radius 3 is 2.75 bits per heavy atom. The Kier molecular flexibility index (Phi) is 3.00. The molecule has 0 aromatic heterocycles. The molecule has 2 aliphatic heterocycles. The van der Waals surface area contributed by atoms with Gasteiger partial charge in [-0.3, -0.25) is 9.69 Å². The van der Waals surface area contributed by atoms with Crippen molar-refractivity contribution in [3.8, 4) is 11.5 Å². The maximum atomic E-state index is 12.2. The molecular weight excluding hydrogens is 260 g/mol. The summed E-state index contributed by atoms with van der Waals surface area (Å²) in [6, 6.07) is 4.64. The number of carbonyl (C=O) groups is 2. The van der Waals surface area contributed by atoms with E-state index in [2.05, 4.69) is 5.32 Å². The molecule has 3 amide bonds. The van der Waals surface area contributed by atoms with E-state index in [0.29, 0.717) is 11.5 Å². The minimum atomic E-state index is -0.434. The van der Waals surface area contributed by atoms with Gasteiger partial charge in [-0.1, -0.05) is 19.9 Å². The Labute approximate surface area is 116 Å². The monoisotopic (exact) mass is 276 g/mol. The lowest BCUT2D eigenvalue weighted by atomic mass is 10.0. The average molecular weight is 276 g/mol. The highest BCUT2D eigenvalue weighted by Gasteiger charge is 2.39. The number of hydrogen-bond acceptors (Lipinski definition) is 4. The van der Waals surface area contributed by atoms with Gasteiger partial charge in [0.25, 0.3) is 5.91 Å².